The predicted molar refractivity (Wildman–Crippen MR) is 60.0 cm³/mol. The van der Waals surface area contributed by atoms with E-state index in [1.165, 1.54) is 4.88 Å². The van der Waals surface area contributed by atoms with Crippen LogP contribution in [0.4, 0.5) is 0 Å². The van der Waals surface area contributed by atoms with E-state index in [-0.39, 0.29) is 5.91 Å². The lowest BCUT2D eigenvalue weighted by Crippen LogP contribution is -2.25. The smallest absolute Gasteiger partial charge is 0.252 e. The van der Waals surface area contributed by atoms with Gasteiger partial charge in [0, 0.05) is 22.1 Å². The largest absolute Gasteiger partial charge is 0.351 e. The second-order valence-corrected chi connectivity index (χ2v) is 4.71. The Morgan fingerprint density at radius 3 is 2.77 bits per heavy atom. The highest BCUT2D eigenvalue weighted by molar-refractivity contribution is 7.80. The summed E-state index contributed by atoms with van der Waals surface area (Å²) in [6, 6.07) is 1.92. The SMILES string of the molecule is Cc1cc(C(=O)NCCS)c(C)s1. The van der Waals surface area contributed by atoms with Crippen LogP contribution in [0.2, 0.25) is 0 Å². The lowest BCUT2D eigenvalue weighted by Gasteiger charge is -2.01. The van der Waals surface area contributed by atoms with Crippen molar-refractivity contribution in [1.82, 2.24) is 5.32 Å². The van der Waals surface area contributed by atoms with Crippen LogP contribution in [-0.4, -0.2) is 18.2 Å². The van der Waals surface area contributed by atoms with Gasteiger partial charge in [0.15, 0.2) is 0 Å². The topological polar surface area (TPSA) is 29.1 Å². The molecule has 1 aromatic heterocycles. The monoisotopic (exact) mass is 215 g/mol. The van der Waals surface area contributed by atoms with Crippen LogP contribution in [0.25, 0.3) is 0 Å². The van der Waals surface area contributed by atoms with Gasteiger partial charge in [-0.1, -0.05) is 0 Å². The van der Waals surface area contributed by atoms with E-state index in [1.54, 1.807) is 11.3 Å². The second-order valence-electron chi connectivity index (χ2n) is 2.81. The summed E-state index contributed by atoms with van der Waals surface area (Å²) in [6.07, 6.45) is 0. The first kappa shape index (κ1) is 10.6. The Labute approximate surface area is 87.8 Å². The van der Waals surface area contributed by atoms with Gasteiger partial charge in [-0.2, -0.15) is 12.6 Å². The highest BCUT2D eigenvalue weighted by atomic mass is 32.1. The molecule has 0 saturated carbocycles. The van der Waals surface area contributed by atoms with Gasteiger partial charge in [-0.05, 0) is 19.9 Å². The predicted octanol–water partition coefficient (Wildman–Crippen LogP) is 2.02. The average molecular weight is 215 g/mol. The summed E-state index contributed by atoms with van der Waals surface area (Å²) in [5, 5.41) is 2.79. The fourth-order valence-electron chi connectivity index (χ4n) is 1.12. The van der Waals surface area contributed by atoms with Crippen LogP contribution in [0.15, 0.2) is 6.07 Å². The van der Waals surface area contributed by atoms with Crippen LogP contribution >= 0.6 is 24.0 Å². The number of rotatable bonds is 3. The maximum absolute atomic E-state index is 11.5. The van der Waals surface area contributed by atoms with Gasteiger partial charge < -0.3 is 5.32 Å². The number of carbonyl (C=O) groups excluding carboxylic acids is 1. The molecule has 4 heteroatoms. The Kier molecular flexibility index (Phi) is 3.81. The van der Waals surface area contributed by atoms with Gasteiger partial charge in [0.05, 0.1) is 5.56 Å². The van der Waals surface area contributed by atoms with Crippen LogP contribution in [0, 0.1) is 13.8 Å². The van der Waals surface area contributed by atoms with Crippen molar-refractivity contribution in [3.05, 3.63) is 21.4 Å². The molecule has 0 fully saturated rings. The van der Waals surface area contributed by atoms with Gasteiger partial charge in [0.2, 0.25) is 0 Å². The molecule has 0 bridgehead atoms. The summed E-state index contributed by atoms with van der Waals surface area (Å²) in [6.45, 7) is 4.59. The standard InChI is InChI=1S/C9H13NOS2/c1-6-5-8(7(2)13-6)9(11)10-3-4-12/h5,12H,3-4H2,1-2H3,(H,10,11). The van der Waals surface area contributed by atoms with Crippen molar-refractivity contribution in [3.8, 4) is 0 Å². The Balaban J connectivity index is 2.70. The molecular weight excluding hydrogens is 202 g/mol. The van der Waals surface area contributed by atoms with E-state index in [9.17, 15) is 4.79 Å². The Morgan fingerprint density at radius 2 is 2.31 bits per heavy atom. The molecule has 72 valence electrons. The molecule has 0 unspecified atom stereocenters. The molecule has 0 spiro atoms. The number of hydrogen-bond donors (Lipinski definition) is 2. The van der Waals surface area contributed by atoms with Gasteiger partial charge in [-0.25, -0.2) is 0 Å². The van der Waals surface area contributed by atoms with E-state index in [2.05, 4.69) is 17.9 Å². The first-order valence-corrected chi connectivity index (χ1v) is 5.56. The fraction of sp³-hybridized carbons (Fsp3) is 0.444. The number of nitrogens with one attached hydrogen (secondary N) is 1. The van der Waals surface area contributed by atoms with E-state index in [1.807, 2.05) is 19.9 Å². The fourth-order valence-corrected chi connectivity index (χ4v) is 2.15. The van der Waals surface area contributed by atoms with Gasteiger partial charge in [-0.3, -0.25) is 4.79 Å². The summed E-state index contributed by atoms with van der Waals surface area (Å²) in [5.74, 6) is 0.685. The molecule has 0 aliphatic heterocycles. The minimum absolute atomic E-state index is 0.0101. The van der Waals surface area contributed by atoms with E-state index in [4.69, 9.17) is 0 Å². The van der Waals surface area contributed by atoms with Crippen LogP contribution in [0.3, 0.4) is 0 Å². The zero-order chi connectivity index (χ0) is 9.84. The quantitative estimate of drug-likeness (QED) is 0.742. The number of amides is 1. The van der Waals surface area contributed by atoms with Crippen molar-refractivity contribution in [2.45, 2.75) is 13.8 Å². The van der Waals surface area contributed by atoms with E-state index in [0.717, 1.165) is 10.4 Å². The first-order valence-electron chi connectivity index (χ1n) is 4.11. The molecule has 0 radical (unpaired) electrons. The highest BCUT2D eigenvalue weighted by Crippen LogP contribution is 2.20. The van der Waals surface area contributed by atoms with Crippen molar-refractivity contribution in [2.75, 3.05) is 12.3 Å². The second kappa shape index (κ2) is 4.67. The molecule has 1 aromatic rings. The van der Waals surface area contributed by atoms with Gasteiger partial charge in [0.25, 0.3) is 5.91 Å². The maximum atomic E-state index is 11.5. The molecule has 0 aromatic carbocycles. The van der Waals surface area contributed by atoms with Crippen molar-refractivity contribution in [3.63, 3.8) is 0 Å². The van der Waals surface area contributed by atoms with Gasteiger partial charge >= 0.3 is 0 Å². The van der Waals surface area contributed by atoms with Crippen molar-refractivity contribution >= 4 is 29.9 Å². The first-order chi connectivity index (χ1) is 6.15. The zero-order valence-electron chi connectivity index (χ0n) is 7.76. The molecule has 2 nitrogen and oxygen atoms in total. The average Bonchev–Trinajstić information content (AvgIpc) is 2.41. The van der Waals surface area contributed by atoms with Gasteiger partial charge in [0.1, 0.15) is 0 Å². The van der Waals surface area contributed by atoms with Crippen LogP contribution in [0.5, 0.6) is 0 Å². The summed E-state index contributed by atoms with van der Waals surface area (Å²) in [5.41, 5.74) is 0.796. The number of carbonyl (C=O) groups is 1. The molecule has 0 aliphatic rings. The lowest BCUT2D eigenvalue weighted by molar-refractivity contribution is 0.0956. The van der Waals surface area contributed by atoms with Crippen molar-refractivity contribution in [1.29, 1.82) is 0 Å². The van der Waals surface area contributed by atoms with Gasteiger partial charge in [-0.15, -0.1) is 11.3 Å². The molecular formula is C9H13NOS2. The minimum Gasteiger partial charge on any atom is -0.351 e. The molecule has 1 rings (SSSR count). The lowest BCUT2D eigenvalue weighted by atomic mass is 10.2. The highest BCUT2D eigenvalue weighted by Gasteiger charge is 2.10. The minimum atomic E-state index is 0.0101. The summed E-state index contributed by atoms with van der Waals surface area (Å²) < 4.78 is 0. The zero-order valence-corrected chi connectivity index (χ0v) is 9.47. The van der Waals surface area contributed by atoms with Crippen LogP contribution in [-0.2, 0) is 0 Å². The van der Waals surface area contributed by atoms with E-state index in [0.29, 0.717) is 12.3 Å². The van der Waals surface area contributed by atoms with Crippen LogP contribution in [0.1, 0.15) is 20.1 Å². The third kappa shape index (κ3) is 2.74. The summed E-state index contributed by atoms with van der Waals surface area (Å²) in [7, 11) is 0. The number of hydrogen-bond acceptors (Lipinski definition) is 3. The van der Waals surface area contributed by atoms with Crippen molar-refractivity contribution in [2.24, 2.45) is 0 Å². The number of aryl methyl sites for hydroxylation is 2. The van der Waals surface area contributed by atoms with E-state index >= 15 is 0 Å². The third-order valence-corrected chi connectivity index (χ3v) is 2.87. The Morgan fingerprint density at radius 1 is 1.62 bits per heavy atom. The summed E-state index contributed by atoms with van der Waals surface area (Å²) >= 11 is 5.68. The normalized spacial score (nSPS) is 10.1. The summed E-state index contributed by atoms with van der Waals surface area (Å²) in [4.78, 5) is 13.8. The molecule has 0 saturated heterocycles. The maximum Gasteiger partial charge on any atom is 0.252 e. The molecule has 13 heavy (non-hydrogen) atoms. The third-order valence-electron chi connectivity index (χ3n) is 1.68. The van der Waals surface area contributed by atoms with E-state index < -0.39 is 0 Å². The molecule has 0 aliphatic carbocycles. The number of thiol groups is 1. The number of thiophene rings is 1. The molecule has 1 N–H and O–H groups in total. The Bertz CT molecular complexity index is 307. The molecule has 1 heterocycles. The Hall–Kier alpha value is -0.480. The molecule has 0 atom stereocenters. The van der Waals surface area contributed by atoms with Crippen molar-refractivity contribution < 1.29 is 4.79 Å². The van der Waals surface area contributed by atoms with Crippen LogP contribution < -0.4 is 5.32 Å². The molecule has 1 amide bonds.